The normalized spacial score (nSPS) is 13.2. The molecule has 5 nitrogen and oxygen atoms in total. The number of hydroxylamine groups is 2. The van der Waals surface area contributed by atoms with Crippen LogP contribution in [0.15, 0.2) is 48.5 Å². The van der Waals surface area contributed by atoms with Gasteiger partial charge in [0.15, 0.2) is 0 Å². The molecule has 3 rings (SSSR count). The lowest BCUT2D eigenvalue weighted by atomic mass is 10.1. The molecule has 2 aromatic rings. The highest BCUT2D eigenvalue weighted by atomic mass is 16.7. The van der Waals surface area contributed by atoms with E-state index < -0.39 is 17.8 Å². The molecule has 0 fully saturated rings. The van der Waals surface area contributed by atoms with Crippen molar-refractivity contribution in [3.63, 3.8) is 0 Å². The van der Waals surface area contributed by atoms with Crippen LogP contribution in [0.1, 0.15) is 38.8 Å². The molecule has 0 aromatic heterocycles. The SMILES string of the molecule is CCc1ccc(CC(=O)ON2C(=O)c3ccccc3C2=O)cc1. The van der Waals surface area contributed by atoms with Gasteiger partial charge in [-0.1, -0.05) is 48.4 Å². The molecule has 0 saturated heterocycles. The third-order valence-corrected chi connectivity index (χ3v) is 3.73. The highest BCUT2D eigenvalue weighted by Crippen LogP contribution is 2.22. The third kappa shape index (κ3) is 2.85. The standard InChI is InChI=1S/C18H15NO4/c1-2-12-7-9-13(10-8-12)11-16(20)23-19-17(21)14-5-3-4-6-15(14)18(19)22/h3-10H,2,11H2,1H3. The molecular formula is C18H15NO4. The topological polar surface area (TPSA) is 63.7 Å². The highest BCUT2D eigenvalue weighted by Gasteiger charge is 2.38. The average Bonchev–Trinajstić information content (AvgIpc) is 2.81. The van der Waals surface area contributed by atoms with Crippen LogP contribution in [0.2, 0.25) is 0 Å². The molecule has 0 atom stereocenters. The number of imide groups is 1. The van der Waals surface area contributed by atoms with E-state index in [1.807, 2.05) is 31.2 Å². The number of nitrogens with zero attached hydrogens (tertiary/aromatic N) is 1. The summed E-state index contributed by atoms with van der Waals surface area (Å²) in [6, 6.07) is 13.9. The Balaban J connectivity index is 1.69. The average molecular weight is 309 g/mol. The van der Waals surface area contributed by atoms with Crippen LogP contribution in [0, 0.1) is 0 Å². The summed E-state index contributed by atoms with van der Waals surface area (Å²) >= 11 is 0. The number of hydrogen-bond donors (Lipinski definition) is 0. The minimum Gasteiger partial charge on any atom is -0.329 e. The molecule has 1 heterocycles. The van der Waals surface area contributed by atoms with E-state index in [0.717, 1.165) is 12.0 Å². The number of amides is 2. The molecular weight excluding hydrogens is 294 g/mol. The molecule has 2 amide bonds. The van der Waals surface area contributed by atoms with Gasteiger partial charge in [-0.15, -0.1) is 0 Å². The van der Waals surface area contributed by atoms with Gasteiger partial charge >= 0.3 is 5.97 Å². The van der Waals surface area contributed by atoms with Crippen molar-refractivity contribution in [3.05, 3.63) is 70.8 Å². The Morgan fingerprint density at radius 2 is 1.43 bits per heavy atom. The lowest BCUT2D eigenvalue weighted by Gasteiger charge is -2.12. The van der Waals surface area contributed by atoms with Crippen molar-refractivity contribution >= 4 is 17.8 Å². The number of benzene rings is 2. The summed E-state index contributed by atoms with van der Waals surface area (Å²) in [4.78, 5) is 41.2. The first-order valence-electron chi connectivity index (χ1n) is 7.36. The lowest BCUT2D eigenvalue weighted by molar-refractivity contribution is -0.167. The van der Waals surface area contributed by atoms with Crippen molar-refractivity contribution in [2.24, 2.45) is 0 Å². The fourth-order valence-electron chi connectivity index (χ4n) is 2.44. The van der Waals surface area contributed by atoms with Crippen molar-refractivity contribution in [2.75, 3.05) is 0 Å². The van der Waals surface area contributed by atoms with Crippen LogP contribution in [0.4, 0.5) is 0 Å². The molecule has 0 saturated carbocycles. The fourth-order valence-corrected chi connectivity index (χ4v) is 2.44. The van der Waals surface area contributed by atoms with Gasteiger partial charge < -0.3 is 4.84 Å². The summed E-state index contributed by atoms with van der Waals surface area (Å²) in [5.74, 6) is -1.87. The molecule has 0 spiro atoms. The number of hydrogen-bond acceptors (Lipinski definition) is 4. The zero-order chi connectivity index (χ0) is 16.4. The van der Waals surface area contributed by atoms with Crippen LogP contribution in [0.25, 0.3) is 0 Å². The monoisotopic (exact) mass is 309 g/mol. The molecule has 0 aliphatic carbocycles. The predicted octanol–water partition coefficient (Wildman–Crippen LogP) is 2.55. The van der Waals surface area contributed by atoms with Gasteiger partial charge in [-0.25, -0.2) is 4.79 Å². The molecule has 1 aliphatic rings. The summed E-state index contributed by atoms with van der Waals surface area (Å²) in [5, 5.41) is 0.535. The van der Waals surface area contributed by atoms with Gasteiger partial charge in [0.05, 0.1) is 17.5 Å². The quantitative estimate of drug-likeness (QED) is 0.814. The molecule has 2 aromatic carbocycles. The predicted molar refractivity (Wildman–Crippen MR) is 82.6 cm³/mol. The Hall–Kier alpha value is -2.95. The lowest BCUT2D eigenvalue weighted by Crippen LogP contribution is -2.33. The molecule has 0 unspecified atom stereocenters. The third-order valence-electron chi connectivity index (χ3n) is 3.73. The highest BCUT2D eigenvalue weighted by molar-refractivity contribution is 6.20. The van der Waals surface area contributed by atoms with Gasteiger partial charge in [0.25, 0.3) is 11.8 Å². The van der Waals surface area contributed by atoms with Crippen molar-refractivity contribution in [1.82, 2.24) is 5.06 Å². The van der Waals surface area contributed by atoms with Crippen molar-refractivity contribution in [2.45, 2.75) is 19.8 Å². The van der Waals surface area contributed by atoms with Crippen LogP contribution >= 0.6 is 0 Å². The first-order chi connectivity index (χ1) is 11.1. The Morgan fingerprint density at radius 1 is 0.913 bits per heavy atom. The van der Waals surface area contributed by atoms with Crippen LogP contribution in [0.5, 0.6) is 0 Å². The largest absolute Gasteiger partial charge is 0.337 e. The van der Waals surface area contributed by atoms with Gasteiger partial charge in [0, 0.05) is 0 Å². The minimum absolute atomic E-state index is 0.00258. The number of carbonyl (C=O) groups is 3. The van der Waals surface area contributed by atoms with Gasteiger partial charge in [-0.05, 0) is 29.7 Å². The maximum Gasteiger partial charge on any atom is 0.337 e. The molecule has 0 bridgehead atoms. The first-order valence-corrected chi connectivity index (χ1v) is 7.36. The summed E-state index contributed by atoms with van der Waals surface area (Å²) < 4.78 is 0. The first kappa shape index (κ1) is 15.0. The van der Waals surface area contributed by atoms with E-state index in [2.05, 4.69) is 0 Å². The van der Waals surface area contributed by atoms with Crippen molar-refractivity contribution in [1.29, 1.82) is 0 Å². The van der Waals surface area contributed by atoms with E-state index in [1.54, 1.807) is 12.1 Å². The minimum atomic E-state index is -0.649. The van der Waals surface area contributed by atoms with Crippen molar-refractivity contribution < 1.29 is 19.2 Å². The molecule has 0 N–H and O–H groups in total. The summed E-state index contributed by atoms with van der Waals surface area (Å²) in [7, 11) is 0. The second kappa shape index (κ2) is 6.04. The summed E-state index contributed by atoms with van der Waals surface area (Å²) in [6.45, 7) is 2.05. The summed E-state index contributed by atoms with van der Waals surface area (Å²) in [6.07, 6.45) is 0.914. The van der Waals surface area contributed by atoms with Gasteiger partial charge in [0.1, 0.15) is 0 Å². The number of aryl methyl sites for hydroxylation is 1. The van der Waals surface area contributed by atoms with E-state index in [-0.39, 0.29) is 17.5 Å². The molecule has 1 aliphatic heterocycles. The van der Waals surface area contributed by atoms with Gasteiger partial charge in [-0.3, -0.25) is 9.59 Å². The zero-order valence-corrected chi connectivity index (χ0v) is 12.6. The molecule has 116 valence electrons. The van der Waals surface area contributed by atoms with E-state index in [4.69, 9.17) is 4.84 Å². The second-order valence-corrected chi connectivity index (χ2v) is 5.26. The van der Waals surface area contributed by atoms with E-state index in [0.29, 0.717) is 5.06 Å². The van der Waals surface area contributed by atoms with Crippen LogP contribution in [-0.4, -0.2) is 22.8 Å². The number of fused-ring (bicyclic) bond motifs is 1. The van der Waals surface area contributed by atoms with E-state index in [1.165, 1.54) is 17.7 Å². The molecule has 5 heteroatoms. The number of carbonyl (C=O) groups excluding carboxylic acids is 3. The van der Waals surface area contributed by atoms with Gasteiger partial charge in [-0.2, -0.15) is 0 Å². The van der Waals surface area contributed by atoms with Crippen LogP contribution < -0.4 is 0 Å². The Kier molecular flexibility index (Phi) is 3.93. The maximum atomic E-state index is 12.1. The van der Waals surface area contributed by atoms with Crippen molar-refractivity contribution in [3.8, 4) is 0 Å². The Morgan fingerprint density at radius 3 is 1.96 bits per heavy atom. The van der Waals surface area contributed by atoms with Gasteiger partial charge in [0.2, 0.25) is 0 Å². The van der Waals surface area contributed by atoms with Crippen LogP contribution in [0.3, 0.4) is 0 Å². The summed E-state index contributed by atoms with van der Waals surface area (Å²) in [5.41, 5.74) is 2.43. The van der Waals surface area contributed by atoms with E-state index >= 15 is 0 Å². The fraction of sp³-hybridized carbons (Fsp3) is 0.167. The Labute approximate surface area is 133 Å². The second-order valence-electron chi connectivity index (χ2n) is 5.26. The van der Waals surface area contributed by atoms with Crippen LogP contribution in [-0.2, 0) is 22.5 Å². The van der Waals surface area contributed by atoms with E-state index in [9.17, 15) is 14.4 Å². The zero-order valence-electron chi connectivity index (χ0n) is 12.6. The smallest absolute Gasteiger partial charge is 0.329 e. The maximum absolute atomic E-state index is 12.1. The number of rotatable bonds is 4. The Bertz CT molecular complexity index is 745. The molecule has 23 heavy (non-hydrogen) atoms. The molecule has 0 radical (unpaired) electrons.